The highest BCUT2D eigenvalue weighted by Crippen LogP contribution is 2.32. The first-order chi connectivity index (χ1) is 8.81. The van der Waals surface area contributed by atoms with Gasteiger partial charge < -0.3 is 5.32 Å². The van der Waals surface area contributed by atoms with Crippen LogP contribution in [0.3, 0.4) is 0 Å². The van der Waals surface area contributed by atoms with E-state index in [4.69, 9.17) is 11.6 Å². The van der Waals surface area contributed by atoms with Gasteiger partial charge in [-0.05, 0) is 37.5 Å². The zero-order valence-corrected chi connectivity index (χ0v) is 12.1. The molecule has 2 atom stereocenters. The molecule has 0 heterocycles. The lowest BCUT2D eigenvalue weighted by Gasteiger charge is -2.20. The molecular formula is C15H26ClNO. The number of carbonyl (C=O) groups is 1. The van der Waals surface area contributed by atoms with Crippen molar-refractivity contribution in [3.63, 3.8) is 0 Å². The molecule has 0 radical (unpaired) electrons. The minimum absolute atomic E-state index is 0.281. The summed E-state index contributed by atoms with van der Waals surface area (Å²) < 4.78 is 0. The van der Waals surface area contributed by atoms with E-state index in [1.165, 1.54) is 44.9 Å². The molecule has 2 saturated carbocycles. The third-order valence-corrected chi connectivity index (χ3v) is 5.18. The molecule has 2 nitrogen and oxygen atoms in total. The van der Waals surface area contributed by atoms with Crippen molar-refractivity contribution in [2.75, 3.05) is 12.4 Å². The van der Waals surface area contributed by atoms with E-state index in [-0.39, 0.29) is 5.92 Å². The van der Waals surface area contributed by atoms with E-state index in [9.17, 15) is 4.79 Å². The molecule has 3 heteroatoms. The molecule has 2 aliphatic carbocycles. The van der Waals surface area contributed by atoms with Crippen molar-refractivity contribution in [2.45, 2.75) is 57.8 Å². The Morgan fingerprint density at radius 3 is 2.28 bits per heavy atom. The number of alkyl halides is 1. The third kappa shape index (κ3) is 3.88. The molecule has 0 saturated heterocycles. The van der Waals surface area contributed by atoms with Crippen molar-refractivity contribution in [3.05, 3.63) is 0 Å². The summed E-state index contributed by atoms with van der Waals surface area (Å²) in [7, 11) is 0. The molecule has 1 N–H and O–H groups in total. The van der Waals surface area contributed by atoms with Crippen molar-refractivity contribution in [1.29, 1.82) is 0 Å². The monoisotopic (exact) mass is 271 g/mol. The lowest BCUT2D eigenvalue weighted by Crippen LogP contribution is -2.35. The average molecular weight is 272 g/mol. The molecule has 2 unspecified atom stereocenters. The van der Waals surface area contributed by atoms with Gasteiger partial charge in [0.05, 0.1) is 0 Å². The fourth-order valence-electron chi connectivity index (χ4n) is 3.50. The maximum Gasteiger partial charge on any atom is 0.223 e. The smallest absolute Gasteiger partial charge is 0.223 e. The molecule has 0 aromatic heterocycles. The van der Waals surface area contributed by atoms with E-state index in [0.717, 1.165) is 25.3 Å². The third-order valence-electron chi connectivity index (χ3n) is 4.78. The number of amides is 1. The fourth-order valence-corrected chi connectivity index (χ4v) is 3.91. The molecular weight excluding hydrogens is 246 g/mol. The summed E-state index contributed by atoms with van der Waals surface area (Å²) in [6.45, 7) is 0.854. The quantitative estimate of drug-likeness (QED) is 0.613. The molecule has 104 valence electrons. The summed E-state index contributed by atoms with van der Waals surface area (Å²) in [5, 5.41) is 3.19. The summed E-state index contributed by atoms with van der Waals surface area (Å²) >= 11 is 5.98. The fraction of sp³-hybridized carbons (Fsp3) is 0.933. The van der Waals surface area contributed by atoms with Gasteiger partial charge in [-0.2, -0.15) is 0 Å². The highest BCUT2D eigenvalue weighted by molar-refractivity contribution is 6.18. The van der Waals surface area contributed by atoms with Crippen molar-refractivity contribution in [1.82, 2.24) is 5.32 Å². The SMILES string of the molecule is O=C(NCC1CCCC1CCl)C1CCCCCC1. The maximum atomic E-state index is 12.2. The van der Waals surface area contributed by atoms with Crippen LogP contribution >= 0.6 is 11.6 Å². The molecule has 0 aliphatic heterocycles. The van der Waals surface area contributed by atoms with Crippen LogP contribution in [-0.4, -0.2) is 18.3 Å². The second-order valence-corrected chi connectivity index (χ2v) is 6.35. The number of hydrogen-bond acceptors (Lipinski definition) is 1. The number of halogens is 1. The van der Waals surface area contributed by atoms with Crippen LogP contribution in [0.25, 0.3) is 0 Å². The van der Waals surface area contributed by atoms with Crippen LogP contribution in [-0.2, 0) is 4.79 Å². The first kappa shape index (κ1) is 14.2. The Labute approximate surface area is 116 Å². The Balaban J connectivity index is 1.73. The zero-order valence-electron chi connectivity index (χ0n) is 11.3. The standard InChI is InChI=1S/C15H26ClNO/c16-10-13-8-5-9-14(13)11-17-15(18)12-6-3-1-2-4-7-12/h12-14H,1-11H2,(H,17,18). The molecule has 2 fully saturated rings. The molecule has 18 heavy (non-hydrogen) atoms. The van der Waals surface area contributed by atoms with Crippen LogP contribution in [0.15, 0.2) is 0 Å². The first-order valence-electron chi connectivity index (χ1n) is 7.65. The minimum Gasteiger partial charge on any atom is -0.356 e. The molecule has 1 amide bonds. The van der Waals surface area contributed by atoms with E-state index in [1.807, 2.05) is 0 Å². The van der Waals surface area contributed by atoms with Gasteiger partial charge in [-0.3, -0.25) is 4.79 Å². The van der Waals surface area contributed by atoms with Crippen LogP contribution < -0.4 is 5.32 Å². The van der Waals surface area contributed by atoms with Crippen LogP contribution in [0.1, 0.15) is 57.8 Å². The summed E-state index contributed by atoms with van der Waals surface area (Å²) in [4.78, 5) is 12.2. The lowest BCUT2D eigenvalue weighted by atomic mass is 9.96. The topological polar surface area (TPSA) is 29.1 Å². The van der Waals surface area contributed by atoms with Crippen LogP contribution in [0.2, 0.25) is 0 Å². The second-order valence-electron chi connectivity index (χ2n) is 6.04. The van der Waals surface area contributed by atoms with Gasteiger partial charge in [-0.15, -0.1) is 11.6 Å². The highest BCUT2D eigenvalue weighted by atomic mass is 35.5. The maximum absolute atomic E-state index is 12.2. The Hall–Kier alpha value is -0.240. The van der Waals surface area contributed by atoms with Crippen LogP contribution in [0.5, 0.6) is 0 Å². The Kier molecular flexibility index (Phi) is 5.81. The lowest BCUT2D eigenvalue weighted by molar-refractivity contribution is -0.125. The van der Waals surface area contributed by atoms with Crippen molar-refractivity contribution in [3.8, 4) is 0 Å². The summed E-state index contributed by atoms with van der Waals surface area (Å²) in [5.41, 5.74) is 0. The molecule has 0 bridgehead atoms. The van der Waals surface area contributed by atoms with Crippen molar-refractivity contribution >= 4 is 17.5 Å². The summed E-state index contributed by atoms with van der Waals surface area (Å²) in [6, 6.07) is 0. The van der Waals surface area contributed by atoms with Gasteiger partial charge in [0.1, 0.15) is 0 Å². The van der Waals surface area contributed by atoms with Gasteiger partial charge in [0, 0.05) is 18.3 Å². The summed E-state index contributed by atoms with van der Waals surface area (Å²) in [6.07, 6.45) is 11.0. The minimum atomic E-state index is 0.281. The van der Waals surface area contributed by atoms with Gasteiger partial charge in [-0.25, -0.2) is 0 Å². The van der Waals surface area contributed by atoms with Crippen molar-refractivity contribution in [2.24, 2.45) is 17.8 Å². The molecule has 0 spiro atoms. The van der Waals surface area contributed by atoms with E-state index in [1.54, 1.807) is 0 Å². The highest BCUT2D eigenvalue weighted by Gasteiger charge is 2.27. The van der Waals surface area contributed by atoms with Gasteiger partial charge in [0.2, 0.25) is 5.91 Å². The van der Waals surface area contributed by atoms with E-state index in [2.05, 4.69) is 5.32 Å². The number of rotatable bonds is 4. The Morgan fingerprint density at radius 1 is 0.944 bits per heavy atom. The second kappa shape index (κ2) is 7.37. The van der Waals surface area contributed by atoms with Crippen LogP contribution in [0.4, 0.5) is 0 Å². The van der Waals surface area contributed by atoms with Gasteiger partial charge in [-0.1, -0.05) is 32.1 Å². The number of hydrogen-bond donors (Lipinski definition) is 1. The van der Waals surface area contributed by atoms with E-state index >= 15 is 0 Å². The average Bonchev–Trinajstić information content (AvgIpc) is 2.67. The number of carbonyl (C=O) groups excluding carboxylic acids is 1. The molecule has 2 aliphatic rings. The number of nitrogens with one attached hydrogen (secondary N) is 1. The van der Waals surface area contributed by atoms with Gasteiger partial charge in [0.25, 0.3) is 0 Å². The first-order valence-corrected chi connectivity index (χ1v) is 8.18. The normalized spacial score (nSPS) is 30.1. The van der Waals surface area contributed by atoms with Crippen LogP contribution in [0, 0.1) is 17.8 Å². The predicted octanol–water partition coefficient (Wildman–Crippen LogP) is 3.73. The summed E-state index contributed by atoms with van der Waals surface area (Å²) in [5.74, 6) is 2.59. The van der Waals surface area contributed by atoms with E-state index < -0.39 is 0 Å². The van der Waals surface area contributed by atoms with E-state index in [0.29, 0.717) is 17.7 Å². The molecule has 0 aromatic carbocycles. The molecule has 0 aromatic rings. The largest absolute Gasteiger partial charge is 0.356 e. The predicted molar refractivity (Wildman–Crippen MR) is 75.8 cm³/mol. The van der Waals surface area contributed by atoms with Gasteiger partial charge >= 0.3 is 0 Å². The van der Waals surface area contributed by atoms with Crippen molar-refractivity contribution < 1.29 is 4.79 Å². The Bertz CT molecular complexity index is 261. The molecule has 2 rings (SSSR count). The Morgan fingerprint density at radius 2 is 1.61 bits per heavy atom. The van der Waals surface area contributed by atoms with Gasteiger partial charge in [0.15, 0.2) is 0 Å². The zero-order chi connectivity index (χ0) is 12.8.